The van der Waals surface area contributed by atoms with Crippen LogP contribution in [0.25, 0.3) is 5.69 Å². The molecule has 0 spiro atoms. The normalized spacial score (nSPS) is 18.9. The second-order valence-corrected chi connectivity index (χ2v) is 4.87. The van der Waals surface area contributed by atoms with E-state index in [0.717, 1.165) is 42.8 Å². The van der Waals surface area contributed by atoms with Crippen molar-refractivity contribution in [3.05, 3.63) is 41.5 Å². The molecule has 1 aliphatic rings. The molecule has 0 unspecified atom stereocenters. The molecular formula is C13H13F3N4. The summed E-state index contributed by atoms with van der Waals surface area (Å²) in [5, 5.41) is 4.34. The number of pyridine rings is 1. The summed E-state index contributed by atoms with van der Waals surface area (Å²) in [6.45, 7) is 0. The van der Waals surface area contributed by atoms with E-state index < -0.39 is 11.9 Å². The molecule has 3 rings (SSSR count). The van der Waals surface area contributed by atoms with Gasteiger partial charge in [-0.2, -0.15) is 18.3 Å². The highest BCUT2D eigenvalue weighted by Gasteiger charge is 2.32. The van der Waals surface area contributed by atoms with Gasteiger partial charge < -0.3 is 5.73 Å². The average Bonchev–Trinajstić information content (AvgIpc) is 2.83. The van der Waals surface area contributed by atoms with E-state index in [2.05, 4.69) is 10.1 Å². The first kappa shape index (κ1) is 13.1. The van der Waals surface area contributed by atoms with Gasteiger partial charge in [-0.3, -0.25) is 4.98 Å². The van der Waals surface area contributed by atoms with Gasteiger partial charge in [0.2, 0.25) is 0 Å². The van der Waals surface area contributed by atoms with Crippen LogP contribution in [-0.4, -0.2) is 14.8 Å². The highest BCUT2D eigenvalue weighted by Crippen LogP contribution is 2.30. The van der Waals surface area contributed by atoms with E-state index in [1.807, 2.05) is 0 Å². The van der Waals surface area contributed by atoms with Crippen LogP contribution in [0, 0.1) is 0 Å². The Morgan fingerprint density at radius 3 is 2.85 bits per heavy atom. The lowest BCUT2D eigenvalue weighted by Gasteiger charge is -2.15. The van der Waals surface area contributed by atoms with Gasteiger partial charge in [0.15, 0.2) is 0 Å². The molecule has 0 saturated carbocycles. The number of hydrogen-bond donors (Lipinski definition) is 1. The minimum atomic E-state index is -4.46. The van der Waals surface area contributed by atoms with Gasteiger partial charge >= 0.3 is 6.18 Å². The molecular weight excluding hydrogens is 269 g/mol. The van der Waals surface area contributed by atoms with Gasteiger partial charge in [-0.25, -0.2) is 4.68 Å². The number of hydrogen-bond acceptors (Lipinski definition) is 3. The third kappa shape index (κ3) is 2.29. The second kappa shape index (κ2) is 4.59. The quantitative estimate of drug-likeness (QED) is 0.874. The summed E-state index contributed by atoms with van der Waals surface area (Å²) in [5.74, 6) is 0. The lowest BCUT2D eigenvalue weighted by Crippen LogP contribution is -2.15. The summed E-state index contributed by atoms with van der Waals surface area (Å²) in [4.78, 5) is 3.34. The molecule has 1 aliphatic carbocycles. The fraction of sp³-hybridized carbons (Fsp3) is 0.385. The minimum Gasteiger partial charge on any atom is -0.324 e. The predicted molar refractivity (Wildman–Crippen MR) is 66.2 cm³/mol. The van der Waals surface area contributed by atoms with Gasteiger partial charge in [0.05, 0.1) is 11.4 Å². The number of rotatable bonds is 1. The summed E-state index contributed by atoms with van der Waals surface area (Å²) in [6, 6.07) is 2.40. The number of halogens is 3. The fourth-order valence-electron chi connectivity index (χ4n) is 2.42. The van der Waals surface area contributed by atoms with Crippen molar-refractivity contribution < 1.29 is 13.2 Å². The average molecular weight is 282 g/mol. The molecule has 0 bridgehead atoms. The van der Waals surface area contributed by atoms with Gasteiger partial charge in [0, 0.05) is 24.0 Å². The molecule has 2 N–H and O–H groups in total. The third-order valence-corrected chi connectivity index (χ3v) is 3.45. The molecule has 0 amide bonds. The van der Waals surface area contributed by atoms with Gasteiger partial charge in [-0.1, -0.05) is 0 Å². The number of nitrogens with two attached hydrogens (primary N) is 1. The van der Waals surface area contributed by atoms with E-state index in [1.54, 1.807) is 6.20 Å². The van der Waals surface area contributed by atoms with Gasteiger partial charge in [0.25, 0.3) is 0 Å². The maximum atomic E-state index is 12.7. The summed E-state index contributed by atoms with van der Waals surface area (Å²) in [7, 11) is 0. The lowest BCUT2D eigenvalue weighted by molar-refractivity contribution is -0.141. The van der Waals surface area contributed by atoms with Crippen molar-refractivity contribution in [2.75, 3.05) is 0 Å². The molecule has 0 saturated heterocycles. The Kier molecular flexibility index (Phi) is 3.01. The largest absolute Gasteiger partial charge is 0.433 e. The van der Waals surface area contributed by atoms with Crippen molar-refractivity contribution in [1.29, 1.82) is 0 Å². The van der Waals surface area contributed by atoms with Gasteiger partial charge in [-0.15, -0.1) is 0 Å². The Bertz CT molecular complexity index is 633. The molecule has 2 aromatic rings. The molecule has 1 atom stereocenters. The standard InChI is InChI=1S/C13H13F3N4/c14-13(15,16)12-6-8(4-5-18-12)20-7-9-10(17)2-1-3-11(9)19-20/h4-7,10H,1-3,17H2/t10-/m0/s1. The molecule has 20 heavy (non-hydrogen) atoms. The van der Waals surface area contributed by atoms with E-state index in [9.17, 15) is 13.2 Å². The number of alkyl halides is 3. The molecule has 0 fully saturated rings. The van der Waals surface area contributed by atoms with Crippen LogP contribution in [0.3, 0.4) is 0 Å². The molecule has 4 nitrogen and oxygen atoms in total. The minimum absolute atomic E-state index is 0.0866. The fourth-order valence-corrected chi connectivity index (χ4v) is 2.42. The van der Waals surface area contributed by atoms with E-state index in [1.165, 1.54) is 10.7 Å². The molecule has 2 aromatic heterocycles. The van der Waals surface area contributed by atoms with Crippen molar-refractivity contribution in [2.45, 2.75) is 31.5 Å². The molecule has 2 heterocycles. The second-order valence-electron chi connectivity index (χ2n) is 4.87. The first-order chi connectivity index (χ1) is 9.45. The van der Waals surface area contributed by atoms with Crippen LogP contribution in [-0.2, 0) is 12.6 Å². The Morgan fingerprint density at radius 1 is 1.35 bits per heavy atom. The van der Waals surface area contributed by atoms with Crippen LogP contribution in [0.2, 0.25) is 0 Å². The number of aromatic nitrogens is 3. The maximum absolute atomic E-state index is 12.7. The molecule has 106 valence electrons. The zero-order valence-electron chi connectivity index (χ0n) is 10.6. The van der Waals surface area contributed by atoms with E-state index in [-0.39, 0.29) is 6.04 Å². The lowest BCUT2D eigenvalue weighted by atomic mass is 9.94. The van der Waals surface area contributed by atoms with Gasteiger partial charge in [0.1, 0.15) is 5.69 Å². The van der Waals surface area contributed by atoms with Gasteiger partial charge in [-0.05, 0) is 31.4 Å². The molecule has 0 radical (unpaired) electrons. The summed E-state index contributed by atoms with van der Waals surface area (Å²) >= 11 is 0. The SMILES string of the molecule is N[C@H]1CCCc2nn(-c3ccnc(C(F)(F)F)c3)cc21. The van der Waals surface area contributed by atoms with Crippen LogP contribution in [0.1, 0.15) is 35.8 Å². The number of aryl methyl sites for hydroxylation is 1. The first-order valence-electron chi connectivity index (χ1n) is 6.33. The van der Waals surface area contributed by atoms with Crippen molar-refractivity contribution in [1.82, 2.24) is 14.8 Å². The van der Waals surface area contributed by atoms with Crippen molar-refractivity contribution in [3.8, 4) is 5.69 Å². The first-order valence-corrected chi connectivity index (χ1v) is 6.33. The monoisotopic (exact) mass is 282 g/mol. The van der Waals surface area contributed by atoms with E-state index in [0.29, 0.717) is 5.69 Å². The molecule has 0 aliphatic heterocycles. The molecule has 7 heteroatoms. The Labute approximate surface area is 113 Å². The Hall–Kier alpha value is -1.89. The summed E-state index contributed by atoms with van der Waals surface area (Å²) in [6.07, 6.45) is 1.04. The van der Waals surface area contributed by atoms with Crippen molar-refractivity contribution in [3.63, 3.8) is 0 Å². The summed E-state index contributed by atoms with van der Waals surface area (Å²) < 4.78 is 39.4. The number of fused-ring (bicyclic) bond motifs is 1. The van der Waals surface area contributed by atoms with E-state index >= 15 is 0 Å². The Balaban J connectivity index is 2.02. The zero-order chi connectivity index (χ0) is 14.3. The smallest absolute Gasteiger partial charge is 0.324 e. The van der Waals surface area contributed by atoms with Crippen LogP contribution in [0.5, 0.6) is 0 Å². The highest BCUT2D eigenvalue weighted by molar-refractivity contribution is 5.35. The van der Waals surface area contributed by atoms with Crippen LogP contribution >= 0.6 is 0 Å². The Morgan fingerprint density at radius 2 is 2.15 bits per heavy atom. The maximum Gasteiger partial charge on any atom is 0.433 e. The zero-order valence-corrected chi connectivity index (χ0v) is 10.6. The number of nitrogens with zero attached hydrogens (tertiary/aromatic N) is 3. The highest BCUT2D eigenvalue weighted by atomic mass is 19.4. The van der Waals surface area contributed by atoms with Crippen LogP contribution < -0.4 is 5.73 Å². The third-order valence-electron chi connectivity index (χ3n) is 3.45. The molecule has 0 aromatic carbocycles. The summed E-state index contributed by atoms with van der Waals surface area (Å²) in [5.41, 5.74) is 7.20. The van der Waals surface area contributed by atoms with Crippen LogP contribution in [0.4, 0.5) is 13.2 Å². The predicted octanol–water partition coefficient (Wildman–Crippen LogP) is 2.62. The van der Waals surface area contributed by atoms with Crippen molar-refractivity contribution >= 4 is 0 Å². The van der Waals surface area contributed by atoms with Crippen molar-refractivity contribution in [2.24, 2.45) is 5.73 Å². The topological polar surface area (TPSA) is 56.7 Å². The van der Waals surface area contributed by atoms with Crippen LogP contribution in [0.15, 0.2) is 24.5 Å². The van der Waals surface area contributed by atoms with E-state index in [4.69, 9.17) is 5.73 Å².